The van der Waals surface area contributed by atoms with E-state index >= 15 is 0 Å². The number of aliphatic hydroxyl groups excluding tert-OH is 1. The molecule has 1 aromatic rings. The first-order valence-electron chi connectivity index (χ1n) is 2.76. The molecule has 0 aliphatic rings. The molecule has 1 rings (SSSR count). The number of anilines is 1. The second-order valence-electron chi connectivity index (χ2n) is 1.93. The molecule has 0 bridgehead atoms. The molecule has 54 valence electrons. The Morgan fingerprint density at radius 2 is 2.10 bits per heavy atom. The van der Waals surface area contributed by atoms with E-state index in [0.717, 1.165) is 0 Å². The quantitative estimate of drug-likeness (QED) is 0.466. The second-order valence-corrected chi connectivity index (χ2v) is 1.93. The summed E-state index contributed by atoms with van der Waals surface area (Å²) >= 11 is 0. The summed E-state index contributed by atoms with van der Waals surface area (Å²) in [5, 5.41) is 17.2. The summed E-state index contributed by atoms with van der Waals surface area (Å²) in [7, 11) is 0. The minimum atomic E-state index is -1.49. The van der Waals surface area contributed by atoms with Gasteiger partial charge in [0.2, 0.25) is 0 Å². The highest BCUT2D eigenvalue weighted by Crippen LogP contribution is 2.10. The van der Waals surface area contributed by atoms with Crippen LogP contribution in [0.1, 0.15) is 11.9 Å². The Morgan fingerprint density at radius 1 is 1.40 bits per heavy atom. The van der Waals surface area contributed by atoms with Crippen molar-refractivity contribution in [1.82, 2.24) is 4.98 Å². The number of hydrogen-bond donors (Lipinski definition) is 3. The third-order valence-corrected chi connectivity index (χ3v) is 1.08. The van der Waals surface area contributed by atoms with Gasteiger partial charge in [-0.2, -0.15) is 0 Å². The molecule has 0 spiro atoms. The molecule has 0 aliphatic heterocycles. The van der Waals surface area contributed by atoms with Gasteiger partial charge in [-0.25, -0.2) is 0 Å². The molecule has 4 N–H and O–H groups in total. The average Bonchev–Trinajstić information content (AvgIpc) is 1.88. The smallest absolute Gasteiger partial charge is 0.180 e. The van der Waals surface area contributed by atoms with Gasteiger partial charge in [0, 0.05) is 18.0 Å². The summed E-state index contributed by atoms with van der Waals surface area (Å²) in [4.78, 5) is 3.66. The van der Waals surface area contributed by atoms with Crippen molar-refractivity contribution in [2.45, 2.75) is 6.29 Å². The van der Waals surface area contributed by atoms with E-state index in [4.69, 9.17) is 15.9 Å². The normalized spacial score (nSPS) is 10.3. The number of nitrogens with zero attached hydrogens (tertiary/aromatic N) is 1. The third-order valence-electron chi connectivity index (χ3n) is 1.08. The maximum Gasteiger partial charge on any atom is 0.180 e. The number of nitrogens with two attached hydrogens (primary N) is 1. The van der Waals surface area contributed by atoms with Crippen molar-refractivity contribution >= 4 is 5.69 Å². The molecule has 0 saturated carbocycles. The van der Waals surface area contributed by atoms with Gasteiger partial charge in [-0.15, -0.1) is 0 Å². The van der Waals surface area contributed by atoms with Crippen molar-refractivity contribution in [2.24, 2.45) is 0 Å². The van der Waals surface area contributed by atoms with Crippen LogP contribution in [-0.2, 0) is 0 Å². The van der Waals surface area contributed by atoms with E-state index in [1.807, 2.05) is 0 Å². The molecule has 0 saturated heterocycles. The van der Waals surface area contributed by atoms with Gasteiger partial charge in [0.1, 0.15) is 0 Å². The van der Waals surface area contributed by atoms with Gasteiger partial charge in [0.05, 0.1) is 5.69 Å². The van der Waals surface area contributed by atoms with Crippen LogP contribution in [0.2, 0.25) is 0 Å². The third kappa shape index (κ3) is 1.43. The highest BCUT2D eigenvalue weighted by Gasteiger charge is 2.00. The SMILES string of the molecule is Nc1cncc(C(O)O)c1. The van der Waals surface area contributed by atoms with E-state index in [0.29, 0.717) is 11.3 Å². The maximum absolute atomic E-state index is 8.61. The molecule has 0 atom stereocenters. The van der Waals surface area contributed by atoms with Crippen LogP contribution < -0.4 is 5.73 Å². The number of hydrogen-bond acceptors (Lipinski definition) is 4. The van der Waals surface area contributed by atoms with Crippen LogP contribution in [0.4, 0.5) is 5.69 Å². The monoisotopic (exact) mass is 140 g/mol. The van der Waals surface area contributed by atoms with Crippen LogP contribution in [0, 0.1) is 0 Å². The lowest BCUT2D eigenvalue weighted by Gasteiger charge is -2.01. The minimum absolute atomic E-state index is 0.306. The highest BCUT2D eigenvalue weighted by atomic mass is 16.5. The number of nitrogen functional groups attached to an aromatic ring is 1. The maximum atomic E-state index is 8.61. The zero-order valence-corrected chi connectivity index (χ0v) is 5.23. The standard InChI is InChI=1S/C6H8N2O2/c7-5-1-4(6(9)10)2-8-3-5/h1-3,6,9-10H,7H2. The molecule has 1 aromatic heterocycles. The van der Waals surface area contributed by atoms with E-state index < -0.39 is 6.29 Å². The molecule has 0 aromatic carbocycles. The van der Waals surface area contributed by atoms with E-state index in [9.17, 15) is 0 Å². The fourth-order valence-electron chi connectivity index (χ4n) is 0.618. The summed E-state index contributed by atoms with van der Waals surface area (Å²) in [6, 6.07) is 1.46. The van der Waals surface area contributed by atoms with Gasteiger partial charge in [0.15, 0.2) is 6.29 Å². The van der Waals surface area contributed by atoms with Gasteiger partial charge >= 0.3 is 0 Å². The lowest BCUT2D eigenvalue weighted by molar-refractivity contribution is -0.0426. The number of aromatic nitrogens is 1. The molecule has 0 amide bonds. The molecule has 4 nitrogen and oxygen atoms in total. The van der Waals surface area contributed by atoms with Crippen molar-refractivity contribution in [2.75, 3.05) is 5.73 Å². The van der Waals surface area contributed by atoms with Crippen LogP contribution in [0.25, 0.3) is 0 Å². The summed E-state index contributed by atoms with van der Waals surface area (Å²) in [5.74, 6) is 0. The van der Waals surface area contributed by atoms with E-state index in [1.54, 1.807) is 0 Å². The molecule has 4 heteroatoms. The lowest BCUT2D eigenvalue weighted by atomic mass is 10.2. The van der Waals surface area contributed by atoms with E-state index in [1.165, 1.54) is 18.5 Å². The molecule has 0 radical (unpaired) electrons. The molecule has 0 unspecified atom stereocenters. The first-order chi connectivity index (χ1) is 4.70. The predicted molar refractivity (Wildman–Crippen MR) is 35.8 cm³/mol. The molecule has 1 heterocycles. The van der Waals surface area contributed by atoms with E-state index in [2.05, 4.69) is 4.98 Å². The summed E-state index contributed by atoms with van der Waals surface area (Å²) in [5.41, 5.74) is 6.04. The van der Waals surface area contributed by atoms with Crippen molar-refractivity contribution in [3.05, 3.63) is 24.0 Å². The van der Waals surface area contributed by atoms with Crippen LogP contribution in [0.5, 0.6) is 0 Å². The van der Waals surface area contributed by atoms with Crippen LogP contribution in [-0.4, -0.2) is 15.2 Å². The van der Waals surface area contributed by atoms with Gasteiger partial charge in [-0.05, 0) is 6.07 Å². The second kappa shape index (κ2) is 2.64. The summed E-state index contributed by atoms with van der Waals surface area (Å²) < 4.78 is 0. The zero-order chi connectivity index (χ0) is 7.56. The Labute approximate surface area is 57.9 Å². The van der Waals surface area contributed by atoms with E-state index in [-0.39, 0.29) is 0 Å². The molecular weight excluding hydrogens is 132 g/mol. The fraction of sp³-hybridized carbons (Fsp3) is 0.167. The Bertz CT molecular complexity index is 225. The molecule has 0 fully saturated rings. The van der Waals surface area contributed by atoms with Crippen LogP contribution >= 0.6 is 0 Å². The summed E-state index contributed by atoms with van der Waals surface area (Å²) in [6.45, 7) is 0. The highest BCUT2D eigenvalue weighted by molar-refractivity contribution is 5.37. The Kier molecular flexibility index (Phi) is 1.84. The van der Waals surface area contributed by atoms with Gasteiger partial charge in [-0.3, -0.25) is 4.98 Å². The zero-order valence-electron chi connectivity index (χ0n) is 5.23. The molecule has 0 aliphatic carbocycles. The minimum Gasteiger partial charge on any atom is -0.397 e. The first-order valence-corrected chi connectivity index (χ1v) is 2.76. The van der Waals surface area contributed by atoms with Gasteiger partial charge in [0.25, 0.3) is 0 Å². The Morgan fingerprint density at radius 3 is 2.50 bits per heavy atom. The fourth-order valence-corrected chi connectivity index (χ4v) is 0.618. The number of rotatable bonds is 1. The van der Waals surface area contributed by atoms with Crippen LogP contribution in [0.3, 0.4) is 0 Å². The van der Waals surface area contributed by atoms with Crippen molar-refractivity contribution in [3.63, 3.8) is 0 Å². The summed E-state index contributed by atoms with van der Waals surface area (Å²) in [6.07, 6.45) is 1.29. The average molecular weight is 140 g/mol. The largest absolute Gasteiger partial charge is 0.397 e. The molecular formula is C6H8N2O2. The predicted octanol–water partition coefficient (Wildman–Crippen LogP) is -0.353. The topological polar surface area (TPSA) is 79.4 Å². The van der Waals surface area contributed by atoms with Gasteiger partial charge in [-0.1, -0.05) is 0 Å². The number of pyridine rings is 1. The lowest BCUT2D eigenvalue weighted by Crippen LogP contribution is -1.97. The van der Waals surface area contributed by atoms with Crippen molar-refractivity contribution in [1.29, 1.82) is 0 Å². The van der Waals surface area contributed by atoms with Crippen molar-refractivity contribution in [3.8, 4) is 0 Å². The van der Waals surface area contributed by atoms with Crippen molar-refractivity contribution < 1.29 is 10.2 Å². The van der Waals surface area contributed by atoms with Crippen LogP contribution in [0.15, 0.2) is 18.5 Å². The van der Waals surface area contributed by atoms with Gasteiger partial charge < -0.3 is 15.9 Å². The first kappa shape index (κ1) is 6.98. The Balaban J connectivity index is 2.96. The Hall–Kier alpha value is -1.13. The number of aliphatic hydroxyl groups is 2. The molecule has 10 heavy (non-hydrogen) atoms.